The number of nitrogens with one attached hydrogen (secondary N) is 2. The summed E-state index contributed by atoms with van der Waals surface area (Å²) in [5, 5.41) is 2.64. The van der Waals surface area contributed by atoms with Gasteiger partial charge in [0.05, 0.1) is 11.5 Å². The first-order chi connectivity index (χ1) is 15.3. The molecule has 0 radical (unpaired) electrons. The lowest BCUT2D eigenvalue weighted by atomic mass is 10.1. The molecule has 0 fully saturated rings. The molecule has 0 aromatic heterocycles. The van der Waals surface area contributed by atoms with Gasteiger partial charge in [0.15, 0.2) is 0 Å². The first-order valence-corrected chi connectivity index (χ1v) is 12.0. The van der Waals surface area contributed by atoms with Gasteiger partial charge in [-0.05, 0) is 50.8 Å². The van der Waals surface area contributed by atoms with Crippen molar-refractivity contribution in [2.45, 2.75) is 50.7 Å². The lowest BCUT2D eigenvalue weighted by Crippen LogP contribution is -2.41. The van der Waals surface area contributed by atoms with Gasteiger partial charge in [0.1, 0.15) is 12.6 Å². The molecule has 1 amide bonds. The number of alkyl carbamates (subject to hydrolysis) is 1. The van der Waals surface area contributed by atoms with Crippen LogP contribution in [0.4, 0.5) is 4.79 Å². The second kappa shape index (κ2) is 12.8. The molecule has 0 spiro atoms. The van der Waals surface area contributed by atoms with Gasteiger partial charge >= 0.3 is 12.1 Å². The Balaban J connectivity index is 1.80. The molecule has 0 aliphatic carbocycles. The summed E-state index contributed by atoms with van der Waals surface area (Å²) in [7, 11) is -3.87. The Morgan fingerprint density at radius 2 is 1.66 bits per heavy atom. The highest BCUT2D eigenvalue weighted by molar-refractivity contribution is 7.89. The van der Waals surface area contributed by atoms with Crippen molar-refractivity contribution in [3.8, 4) is 0 Å². The highest BCUT2D eigenvalue weighted by Crippen LogP contribution is 2.13. The molecule has 174 valence electrons. The van der Waals surface area contributed by atoms with E-state index in [1.165, 1.54) is 12.1 Å². The molecule has 0 unspecified atom stereocenters. The quantitative estimate of drug-likeness (QED) is 0.370. The molecule has 2 aromatic carbocycles. The van der Waals surface area contributed by atoms with E-state index in [1.54, 1.807) is 19.1 Å². The van der Waals surface area contributed by atoms with Gasteiger partial charge in [0.25, 0.3) is 0 Å². The molecule has 1 atom stereocenters. The normalized spacial score (nSPS) is 12.1. The SMILES string of the molecule is CCOC(=O)[C@H](CCCCNC(=O)OCc1ccccc1)NS(=O)(=O)c1ccc(C)cc1. The summed E-state index contributed by atoms with van der Waals surface area (Å²) in [6, 6.07) is 14.7. The van der Waals surface area contributed by atoms with Crippen LogP contribution in [0, 0.1) is 6.92 Å². The number of amides is 1. The third-order valence-corrected chi connectivity index (χ3v) is 6.09. The minimum absolute atomic E-state index is 0.0835. The molecule has 0 aliphatic heterocycles. The van der Waals surface area contributed by atoms with Crippen LogP contribution in [0.15, 0.2) is 59.5 Å². The first kappa shape index (κ1) is 25.4. The molecule has 0 saturated heterocycles. The van der Waals surface area contributed by atoms with Gasteiger partial charge in [-0.15, -0.1) is 0 Å². The number of hydrogen-bond donors (Lipinski definition) is 2. The number of carbonyl (C=O) groups excluding carboxylic acids is 2. The van der Waals surface area contributed by atoms with Crippen LogP contribution < -0.4 is 10.0 Å². The van der Waals surface area contributed by atoms with E-state index in [4.69, 9.17) is 9.47 Å². The van der Waals surface area contributed by atoms with Crippen molar-refractivity contribution in [1.29, 1.82) is 0 Å². The van der Waals surface area contributed by atoms with Crippen LogP contribution >= 0.6 is 0 Å². The Morgan fingerprint density at radius 3 is 2.31 bits per heavy atom. The van der Waals surface area contributed by atoms with Crippen LogP contribution in [0.1, 0.15) is 37.3 Å². The van der Waals surface area contributed by atoms with Gasteiger partial charge in [-0.1, -0.05) is 48.0 Å². The fourth-order valence-corrected chi connectivity index (χ4v) is 4.10. The number of sulfonamides is 1. The molecule has 0 heterocycles. The molecule has 9 heteroatoms. The Labute approximate surface area is 189 Å². The summed E-state index contributed by atoms with van der Waals surface area (Å²) >= 11 is 0. The Bertz CT molecular complexity index is 962. The highest BCUT2D eigenvalue weighted by Gasteiger charge is 2.26. The Morgan fingerprint density at radius 1 is 0.969 bits per heavy atom. The second-order valence-electron chi connectivity index (χ2n) is 7.22. The summed E-state index contributed by atoms with van der Waals surface area (Å²) < 4.78 is 37.9. The van der Waals surface area contributed by atoms with E-state index in [1.807, 2.05) is 37.3 Å². The summed E-state index contributed by atoms with van der Waals surface area (Å²) in [5.74, 6) is -0.626. The average Bonchev–Trinajstić information content (AvgIpc) is 2.77. The maximum Gasteiger partial charge on any atom is 0.407 e. The molecular formula is C23H30N2O6S. The second-order valence-corrected chi connectivity index (χ2v) is 8.94. The summed E-state index contributed by atoms with van der Waals surface area (Å²) in [5.41, 5.74) is 1.82. The number of unbranched alkanes of at least 4 members (excludes halogenated alkanes) is 1. The largest absolute Gasteiger partial charge is 0.465 e. The number of rotatable bonds is 12. The van der Waals surface area contributed by atoms with Crippen LogP contribution in [-0.2, 0) is 30.9 Å². The maximum atomic E-state index is 12.6. The molecule has 32 heavy (non-hydrogen) atoms. The molecule has 2 aromatic rings. The lowest BCUT2D eigenvalue weighted by Gasteiger charge is -2.17. The van der Waals surface area contributed by atoms with Crippen LogP contribution in [0.5, 0.6) is 0 Å². The van der Waals surface area contributed by atoms with E-state index >= 15 is 0 Å². The van der Waals surface area contributed by atoms with Crippen LogP contribution in [0.3, 0.4) is 0 Å². The molecular weight excluding hydrogens is 432 g/mol. The van der Waals surface area contributed by atoms with E-state index in [-0.39, 0.29) is 24.5 Å². The molecule has 0 saturated carbocycles. The third-order valence-electron chi connectivity index (χ3n) is 4.60. The van der Waals surface area contributed by atoms with Crippen LogP contribution in [0.25, 0.3) is 0 Å². The van der Waals surface area contributed by atoms with Gasteiger partial charge in [-0.2, -0.15) is 4.72 Å². The summed E-state index contributed by atoms with van der Waals surface area (Å²) in [4.78, 5) is 24.1. The molecule has 0 bridgehead atoms. The molecule has 2 N–H and O–H groups in total. The summed E-state index contributed by atoms with van der Waals surface area (Å²) in [6.07, 6.45) is 0.752. The smallest absolute Gasteiger partial charge is 0.407 e. The van der Waals surface area contributed by atoms with Gasteiger partial charge in [0, 0.05) is 6.54 Å². The van der Waals surface area contributed by atoms with Crippen molar-refractivity contribution in [3.63, 3.8) is 0 Å². The van der Waals surface area contributed by atoms with Crippen molar-refractivity contribution < 1.29 is 27.5 Å². The number of hydrogen-bond acceptors (Lipinski definition) is 6. The van der Waals surface area contributed by atoms with Crippen LogP contribution in [-0.4, -0.2) is 39.7 Å². The number of ether oxygens (including phenoxy) is 2. The topological polar surface area (TPSA) is 111 Å². The number of carbonyl (C=O) groups is 2. The fraction of sp³-hybridized carbons (Fsp3) is 0.391. The van der Waals surface area contributed by atoms with Gasteiger partial charge in [0.2, 0.25) is 10.0 Å². The zero-order chi connectivity index (χ0) is 23.4. The predicted molar refractivity (Wildman–Crippen MR) is 120 cm³/mol. The average molecular weight is 463 g/mol. The fourth-order valence-electron chi connectivity index (χ4n) is 2.88. The van der Waals surface area contributed by atoms with E-state index in [0.29, 0.717) is 19.4 Å². The Kier molecular flexibility index (Phi) is 10.2. The first-order valence-electron chi connectivity index (χ1n) is 10.5. The number of esters is 1. The number of aryl methyl sites for hydroxylation is 1. The minimum atomic E-state index is -3.87. The van der Waals surface area contributed by atoms with Crippen molar-refractivity contribution >= 4 is 22.1 Å². The Hall–Kier alpha value is -2.91. The van der Waals surface area contributed by atoms with E-state index in [2.05, 4.69) is 10.0 Å². The zero-order valence-electron chi connectivity index (χ0n) is 18.4. The van der Waals surface area contributed by atoms with Crippen molar-refractivity contribution in [2.24, 2.45) is 0 Å². The minimum Gasteiger partial charge on any atom is -0.465 e. The zero-order valence-corrected chi connectivity index (χ0v) is 19.2. The number of benzene rings is 2. The molecule has 2 rings (SSSR count). The predicted octanol–water partition coefficient (Wildman–Crippen LogP) is 3.30. The third kappa shape index (κ3) is 8.68. The van der Waals surface area contributed by atoms with E-state index in [0.717, 1.165) is 11.1 Å². The summed E-state index contributed by atoms with van der Waals surface area (Å²) in [6.45, 7) is 4.19. The maximum absolute atomic E-state index is 12.6. The van der Waals surface area contributed by atoms with Crippen molar-refractivity contribution in [1.82, 2.24) is 10.0 Å². The monoisotopic (exact) mass is 462 g/mol. The van der Waals surface area contributed by atoms with Crippen molar-refractivity contribution in [3.05, 3.63) is 65.7 Å². The highest BCUT2D eigenvalue weighted by atomic mass is 32.2. The van der Waals surface area contributed by atoms with E-state index < -0.39 is 28.1 Å². The lowest BCUT2D eigenvalue weighted by molar-refractivity contribution is -0.145. The van der Waals surface area contributed by atoms with Crippen molar-refractivity contribution in [2.75, 3.05) is 13.2 Å². The van der Waals surface area contributed by atoms with E-state index in [9.17, 15) is 18.0 Å². The van der Waals surface area contributed by atoms with Crippen LogP contribution in [0.2, 0.25) is 0 Å². The standard InChI is InChI=1S/C23H30N2O6S/c1-3-30-22(26)21(25-32(28,29)20-14-12-18(2)13-15-20)11-7-8-16-24-23(27)31-17-19-9-5-4-6-10-19/h4-6,9-10,12-15,21,25H,3,7-8,11,16-17H2,1-2H3,(H,24,27)/t21-/m0/s1. The molecule has 8 nitrogen and oxygen atoms in total. The van der Waals surface area contributed by atoms with Gasteiger partial charge in [-0.25, -0.2) is 13.2 Å². The van der Waals surface area contributed by atoms with Gasteiger partial charge in [-0.3, -0.25) is 4.79 Å². The molecule has 0 aliphatic rings. The van der Waals surface area contributed by atoms with Gasteiger partial charge < -0.3 is 14.8 Å².